The maximum absolute atomic E-state index is 11.8. The van der Waals surface area contributed by atoms with Gasteiger partial charge in [-0.05, 0) is 19.3 Å². The van der Waals surface area contributed by atoms with Crippen LogP contribution in [-0.4, -0.2) is 37.0 Å². The van der Waals surface area contributed by atoms with E-state index in [0.717, 1.165) is 12.8 Å². The summed E-state index contributed by atoms with van der Waals surface area (Å²) in [5.74, 6) is 0.206. The number of carbonyl (C=O) groups is 2. The Morgan fingerprint density at radius 1 is 1.25 bits per heavy atom. The number of rotatable bonds is 4. The minimum atomic E-state index is -0.0594. The molecule has 3 atom stereocenters. The van der Waals surface area contributed by atoms with Crippen LogP contribution in [0.1, 0.15) is 26.2 Å². The maximum atomic E-state index is 11.8. The molecule has 2 rings (SSSR count). The van der Waals surface area contributed by atoms with Crippen LogP contribution in [0.2, 0.25) is 0 Å². The maximum Gasteiger partial charge on any atom is 0.224 e. The van der Waals surface area contributed by atoms with Crippen LogP contribution in [0.25, 0.3) is 0 Å². The van der Waals surface area contributed by atoms with E-state index in [1.807, 2.05) is 0 Å². The van der Waals surface area contributed by atoms with Gasteiger partial charge in [0.25, 0.3) is 0 Å². The number of hydrogen-bond donors (Lipinski definition) is 3. The topological polar surface area (TPSA) is 70.2 Å². The Morgan fingerprint density at radius 2 is 2.00 bits per heavy atom. The Bertz CT molecular complexity index is 293. The fourth-order valence-corrected chi connectivity index (χ4v) is 2.67. The van der Waals surface area contributed by atoms with Crippen LogP contribution >= 0.6 is 0 Å². The summed E-state index contributed by atoms with van der Waals surface area (Å²) in [6.07, 6.45) is 3.30. The highest BCUT2D eigenvalue weighted by Gasteiger charge is 2.42. The van der Waals surface area contributed by atoms with Gasteiger partial charge in [-0.3, -0.25) is 9.59 Å². The third-order valence-electron chi connectivity index (χ3n) is 3.44. The zero-order valence-electron chi connectivity index (χ0n) is 9.58. The van der Waals surface area contributed by atoms with Crippen molar-refractivity contribution < 1.29 is 9.59 Å². The first-order valence-electron chi connectivity index (χ1n) is 5.95. The molecule has 0 spiro atoms. The van der Waals surface area contributed by atoms with Gasteiger partial charge in [0.05, 0.1) is 5.92 Å². The van der Waals surface area contributed by atoms with Gasteiger partial charge in [0.15, 0.2) is 0 Å². The van der Waals surface area contributed by atoms with Crippen LogP contribution < -0.4 is 16.0 Å². The molecule has 0 saturated carbocycles. The molecule has 0 aromatic rings. The number of amides is 2. The number of nitrogens with one attached hydrogen (secondary N) is 3. The molecule has 0 aromatic carbocycles. The summed E-state index contributed by atoms with van der Waals surface area (Å²) in [5, 5.41) is 8.96. The molecule has 5 nitrogen and oxygen atoms in total. The number of carbonyl (C=O) groups excluding carboxylic acids is 2. The lowest BCUT2D eigenvalue weighted by Gasteiger charge is -2.19. The van der Waals surface area contributed by atoms with Crippen molar-refractivity contribution in [2.75, 3.05) is 13.1 Å². The minimum Gasteiger partial charge on any atom is -0.355 e. The summed E-state index contributed by atoms with van der Waals surface area (Å²) in [6.45, 7) is 2.50. The van der Waals surface area contributed by atoms with Crippen molar-refractivity contribution in [3.8, 4) is 0 Å². The predicted molar refractivity (Wildman–Crippen MR) is 59.7 cm³/mol. The molecule has 2 aliphatic heterocycles. The first-order chi connectivity index (χ1) is 7.66. The van der Waals surface area contributed by atoms with Crippen LogP contribution in [0, 0.1) is 5.92 Å². The van der Waals surface area contributed by atoms with E-state index in [1.165, 1.54) is 13.3 Å². The summed E-state index contributed by atoms with van der Waals surface area (Å²) in [5.41, 5.74) is 0. The van der Waals surface area contributed by atoms with E-state index in [0.29, 0.717) is 25.2 Å². The Morgan fingerprint density at radius 3 is 2.56 bits per heavy atom. The van der Waals surface area contributed by atoms with Crippen molar-refractivity contribution in [2.24, 2.45) is 5.92 Å². The monoisotopic (exact) mass is 225 g/mol. The van der Waals surface area contributed by atoms with Crippen molar-refractivity contribution in [2.45, 2.75) is 38.3 Å². The van der Waals surface area contributed by atoms with Gasteiger partial charge in [-0.25, -0.2) is 0 Å². The molecule has 90 valence electrons. The summed E-state index contributed by atoms with van der Waals surface area (Å²) in [7, 11) is 0. The van der Waals surface area contributed by atoms with Crippen molar-refractivity contribution in [1.29, 1.82) is 0 Å². The molecule has 2 bridgehead atoms. The molecule has 3 N–H and O–H groups in total. The fourth-order valence-electron chi connectivity index (χ4n) is 2.67. The standard InChI is InChI=1S/C11H19N3O2/c1-7(15)12-4-5-13-11(16)9-6-8-2-3-10(9)14-8/h8-10,14H,2-6H2,1H3,(H,12,15)(H,13,16). The fraction of sp³-hybridized carbons (Fsp3) is 0.818. The predicted octanol–water partition coefficient (Wildman–Crippen LogP) is -0.621. The molecular weight excluding hydrogens is 206 g/mol. The van der Waals surface area contributed by atoms with E-state index in [9.17, 15) is 9.59 Å². The highest BCUT2D eigenvalue weighted by atomic mass is 16.2. The molecule has 0 aromatic heterocycles. The van der Waals surface area contributed by atoms with Crippen molar-refractivity contribution in [1.82, 2.24) is 16.0 Å². The van der Waals surface area contributed by atoms with E-state index >= 15 is 0 Å². The van der Waals surface area contributed by atoms with Crippen molar-refractivity contribution >= 4 is 11.8 Å². The molecule has 0 radical (unpaired) electrons. The molecule has 0 aliphatic carbocycles. The van der Waals surface area contributed by atoms with E-state index in [1.54, 1.807) is 0 Å². The van der Waals surface area contributed by atoms with E-state index in [2.05, 4.69) is 16.0 Å². The molecular formula is C11H19N3O2. The third-order valence-corrected chi connectivity index (χ3v) is 3.44. The highest BCUT2D eigenvalue weighted by Crippen LogP contribution is 2.33. The van der Waals surface area contributed by atoms with Crippen molar-refractivity contribution in [3.63, 3.8) is 0 Å². The van der Waals surface area contributed by atoms with Crippen LogP contribution in [0.4, 0.5) is 0 Å². The van der Waals surface area contributed by atoms with E-state index in [-0.39, 0.29) is 17.7 Å². The average Bonchev–Trinajstić information content (AvgIpc) is 2.85. The average molecular weight is 225 g/mol. The van der Waals surface area contributed by atoms with Crippen molar-refractivity contribution in [3.05, 3.63) is 0 Å². The second-order valence-corrected chi connectivity index (χ2v) is 4.66. The first-order valence-corrected chi connectivity index (χ1v) is 5.95. The SMILES string of the molecule is CC(=O)NCCNC(=O)C1CC2CCC1N2. The van der Waals surface area contributed by atoms with Crippen LogP contribution in [0.3, 0.4) is 0 Å². The Kier molecular flexibility index (Phi) is 3.43. The minimum absolute atomic E-state index is 0.0594. The molecule has 5 heteroatoms. The molecule has 16 heavy (non-hydrogen) atoms. The lowest BCUT2D eigenvalue weighted by Crippen LogP contribution is -2.40. The first kappa shape index (κ1) is 11.4. The highest BCUT2D eigenvalue weighted by molar-refractivity contribution is 5.80. The Hall–Kier alpha value is -1.10. The van der Waals surface area contributed by atoms with Gasteiger partial charge in [-0.15, -0.1) is 0 Å². The van der Waals surface area contributed by atoms with Crippen LogP contribution in [0.5, 0.6) is 0 Å². The quantitative estimate of drug-likeness (QED) is 0.558. The molecule has 2 heterocycles. The second kappa shape index (κ2) is 4.82. The molecule has 2 saturated heterocycles. The van der Waals surface area contributed by atoms with Gasteiger partial charge in [-0.2, -0.15) is 0 Å². The lowest BCUT2D eigenvalue weighted by molar-refractivity contribution is -0.126. The molecule has 2 aliphatic rings. The zero-order valence-corrected chi connectivity index (χ0v) is 9.58. The summed E-state index contributed by atoms with van der Waals surface area (Å²) in [4.78, 5) is 22.4. The smallest absolute Gasteiger partial charge is 0.224 e. The Labute approximate surface area is 95.3 Å². The lowest BCUT2D eigenvalue weighted by atomic mass is 9.88. The van der Waals surface area contributed by atoms with E-state index < -0.39 is 0 Å². The summed E-state index contributed by atoms with van der Waals surface area (Å²) in [6, 6.07) is 0.932. The largest absolute Gasteiger partial charge is 0.355 e. The van der Waals surface area contributed by atoms with Gasteiger partial charge >= 0.3 is 0 Å². The second-order valence-electron chi connectivity index (χ2n) is 4.66. The Balaban J connectivity index is 1.66. The zero-order chi connectivity index (χ0) is 11.5. The van der Waals surface area contributed by atoms with Gasteiger partial charge in [0.2, 0.25) is 11.8 Å². The number of fused-ring (bicyclic) bond motifs is 2. The third kappa shape index (κ3) is 2.52. The normalized spacial score (nSPS) is 31.4. The van der Waals surface area contributed by atoms with Gasteiger partial charge in [0.1, 0.15) is 0 Å². The van der Waals surface area contributed by atoms with Crippen LogP contribution in [0.15, 0.2) is 0 Å². The molecule has 2 amide bonds. The van der Waals surface area contributed by atoms with Gasteiger partial charge in [0, 0.05) is 32.1 Å². The van der Waals surface area contributed by atoms with Crippen LogP contribution in [-0.2, 0) is 9.59 Å². The molecule has 2 fully saturated rings. The number of hydrogen-bond acceptors (Lipinski definition) is 3. The summed E-state index contributed by atoms with van der Waals surface area (Å²) < 4.78 is 0. The molecule has 3 unspecified atom stereocenters. The summed E-state index contributed by atoms with van der Waals surface area (Å²) >= 11 is 0. The van der Waals surface area contributed by atoms with Gasteiger partial charge in [-0.1, -0.05) is 0 Å². The van der Waals surface area contributed by atoms with Gasteiger partial charge < -0.3 is 16.0 Å². The van der Waals surface area contributed by atoms with E-state index in [4.69, 9.17) is 0 Å².